The normalized spacial score (nSPS) is 14.9. The number of fused-ring (bicyclic) bond motifs is 1. The van der Waals surface area contributed by atoms with Crippen molar-refractivity contribution in [2.24, 2.45) is 0 Å². The molecule has 0 radical (unpaired) electrons. The van der Waals surface area contributed by atoms with Gasteiger partial charge in [-0.2, -0.15) is 4.68 Å². The van der Waals surface area contributed by atoms with Crippen LogP contribution < -0.4 is 4.74 Å². The molecule has 2 aromatic carbocycles. The smallest absolute Gasteiger partial charge is 0.273 e. The fourth-order valence-electron chi connectivity index (χ4n) is 2.81. The lowest BCUT2D eigenvalue weighted by molar-refractivity contribution is 0.0883. The predicted molar refractivity (Wildman–Crippen MR) is 101 cm³/mol. The molecule has 144 valence electrons. The van der Waals surface area contributed by atoms with E-state index in [0.29, 0.717) is 11.8 Å². The first-order valence-electron chi connectivity index (χ1n) is 8.33. The summed E-state index contributed by atoms with van der Waals surface area (Å²) in [6, 6.07) is 13.7. The van der Waals surface area contributed by atoms with Crippen molar-refractivity contribution in [1.29, 1.82) is 0 Å². The van der Waals surface area contributed by atoms with E-state index in [9.17, 15) is 13.2 Å². The van der Waals surface area contributed by atoms with E-state index in [1.807, 2.05) is 30.3 Å². The summed E-state index contributed by atoms with van der Waals surface area (Å²) < 4.78 is 33.4. The fourth-order valence-corrected chi connectivity index (χ4v) is 5.47. The van der Waals surface area contributed by atoms with Crippen molar-refractivity contribution in [1.82, 2.24) is 24.5 Å². The van der Waals surface area contributed by atoms with Gasteiger partial charge in [0.1, 0.15) is 16.2 Å². The number of ether oxygens (including phenoxy) is 1. The van der Waals surface area contributed by atoms with Gasteiger partial charge in [-0.05, 0) is 41.6 Å². The number of hydrogen-bond acceptors (Lipinski definition) is 8. The number of thioether (sulfide) groups is 1. The zero-order valence-corrected chi connectivity index (χ0v) is 16.4. The molecule has 0 bridgehead atoms. The monoisotopic (exact) mass is 417 g/mol. The Labute approximate surface area is 165 Å². The number of carbonyl (C=O) groups excluding carboxylic acids is 1. The molecule has 1 aliphatic rings. The van der Waals surface area contributed by atoms with Gasteiger partial charge in [-0.15, -0.1) is 5.10 Å². The average molecular weight is 417 g/mol. The highest BCUT2D eigenvalue weighted by Crippen LogP contribution is 2.37. The van der Waals surface area contributed by atoms with Crippen LogP contribution >= 0.6 is 11.8 Å². The number of benzene rings is 2. The zero-order chi connectivity index (χ0) is 19.7. The zero-order valence-electron chi connectivity index (χ0n) is 14.7. The largest absolute Gasteiger partial charge is 0.493 e. The second-order valence-corrected chi connectivity index (χ2v) is 8.45. The van der Waals surface area contributed by atoms with Gasteiger partial charge in [-0.25, -0.2) is 12.7 Å². The molecule has 0 unspecified atom stereocenters. The molecular formula is C17H15N5O4S2. The molecule has 4 rings (SSSR count). The molecular weight excluding hydrogens is 402 g/mol. The lowest BCUT2D eigenvalue weighted by Crippen LogP contribution is -2.29. The Morgan fingerprint density at radius 3 is 2.64 bits per heavy atom. The van der Waals surface area contributed by atoms with Crippen LogP contribution in [0.4, 0.5) is 0 Å². The second-order valence-electron chi connectivity index (χ2n) is 5.70. The third-order valence-electron chi connectivity index (χ3n) is 4.05. The summed E-state index contributed by atoms with van der Waals surface area (Å²) >= 11 is 1.05. The van der Waals surface area contributed by atoms with Gasteiger partial charge in [0.25, 0.3) is 15.9 Å². The minimum Gasteiger partial charge on any atom is -0.493 e. The molecule has 9 nitrogen and oxygen atoms in total. The number of aromatic nitrogens is 4. The minimum absolute atomic E-state index is 0.0494. The van der Waals surface area contributed by atoms with Crippen LogP contribution in [0.3, 0.4) is 0 Å². The summed E-state index contributed by atoms with van der Waals surface area (Å²) in [5.41, 5.74) is 0.792. The first kappa shape index (κ1) is 18.4. The van der Waals surface area contributed by atoms with Crippen molar-refractivity contribution in [3.63, 3.8) is 0 Å². The van der Waals surface area contributed by atoms with E-state index in [1.165, 1.54) is 10.7 Å². The number of tetrazole rings is 1. The molecule has 0 spiro atoms. The Balaban J connectivity index is 1.62. The van der Waals surface area contributed by atoms with Crippen LogP contribution in [0, 0.1) is 0 Å². The first-order valence-corrected chi connectivity index (χ1v) is 10.8. The average Bonchev–Trinajstić information content (AvgIpc) is 3.23. The van der Waals surface area contributed by atoms with Crippen LogP contribution in [0.5, 0.6) is 5.75 Å². The Kier molecular flexibility index (Phi) is 4.77. The van der Waals surface area contributed by atoms with Crippen LogP contribution in [0.1, 0.15) is 17.3 Å². The topological polar surface area (TPSA) is 107 Å². The van der Waals surface area contributed by atoms with Crippen molar-refractivity contribution in [2.45, 2.75) is 17.0 Å². The molecule has 3 aromatic rings. The predicted octanol–water partition coefficient (Wildman–Crippen LogP) is 1.96. The van der Waals surface area contributed by atoms with Crippen molar-refractivity contribution in [3.05, 3.63) is 54.1 Å². The highest BCUT2D eigenvalue weighted by molar-refractivity contribution is 8.00. The maximum absolute atomic E-state index is 12.8. The van der Waals surface area contributed by atoms with E-state index < -0.39 is 15.9 Å². The third kappa shape index (κ3) is 3.02. The van der Waals surface area contributed by atoms with Gasteiger partial charge >= 0.3 is 0 Å². The Hall–Kier alpha value is -2.92. The number of carbonyl (C=O) groups is 1. The molecule has 28 heavy (non-hydrogen) atoms. The summed E-state index contributed by atoms with van der Waals surface area (Å²) in [5.74, 6) is -0.519. The molecule has 0 fully saturated rings. The van der Waals surface area contributed by atoms with E-state index in [0.717, 1.165) is 21.8 Å². The third-order valence-corrected chi connectivity index (χ3v) is 6.88. The van der Waals surface area contributed by atoms with E-state index in [1.54, 1.807) is 19.1 Å². The van der Waals surface area contributed by atoms with Crippen LogP contribution in [0.15, 0.2) is 58.6 Å². The summed E-state index contributed by atoms with van der Waals surface area (Å²) in [5, 5.41) is 11.9. The van der Waals surface area contributed by atoms with Gasteiger partial charge in [0, 0.05) is 0 Å². The van der Waals surface area contributed by atoms with Gasteiger partial charge in [-0.3, -0.25) is 4.79 Å². The molecule has 11 heteroatoms. The van der Waals surface area contributed by atoms with Crippen LogP contribution in [0.2, 0.25) is 0 Å². The maximum Gasteiger partial charge on any atom is 0.273 e. The van der Waals surface area contributed by atoms with Crippen LogP contribution in [-0.4, -0.2) is 51.3 Å². The Bertz CT molecular complexity index is 1130. The van der Waals surface area contributed by atoms with Gasteiger partial charge in [0.15, 0.2) is 0 Å². The van der Waals surface area contributed by atoms with E-state index in [4.69, 9.17) is 4.74 Å². The van der Waals surface area contributed by atoms with Crippen molar-refractivity contribution < 1.29 is 17.9 Å². The highest BCUT2D eigenvalue weighted by Gasteiger charge is 2.43. The van der Waals surface area contributed by atoms with Crippen molar-refractivity contribution in [3.8, 4) is 11.4 Å². The lowest BCUT2D eigenvalue weighted by Gasteiger charge is -2.14. The number of nitrogens with zero attached hydrogens (tertiary/aromatic N) is 5. The molecule has 2 heterocycles. The second kappa shape index (κ2) is 7.24. The summed E-state index contributed by atoms with van der Waals surface area (Å²) in [4.78, 5) is 12.8. The van der Waals surface area contributed by atoms with Gasteiger partial charge < -0.3 is 4.74 Å². The van der Waals surface area contributed by atoms with E-state index >= 15 is 0 Å². The molecule has 0 atom stereocenters. The summed E-state index contributed by atoms with van der Waals surface area (Å²) in [7, 11) is -3.96. The lowest BCUT2D eigenvalue weighted by atomic mass is 10.2. The SMILES string of the molecule is CCOc1cccc2c1C(=O)N(CSc1nnnn1-c1ccccc1)S2(=O)=O. The fraction of sp³-hybridized carbons (Fsp3) is 0.176. The minimum atomic E-state index is -3.96. The summed E-state index contributed by atoms with van der Waals surface area (Å²) in [6.45, 7) is 2.09. The Morgan fingerprint density at radius 2 is 1.89 bits per heavy atom. The Morgan fingerprint density at radius 1 is 1.11 bits per heavy atom. The molecule has 0 N–H and O–H groups in total. The molecule has 0 aliphatic carbocycles. The quantitative estimate of drug-likeness (QED) is 0.560. The molecule has 0 saturated heterocycles. The molecule has 1 amide bonds. The van der Waals surface area contributed by atoms with Gasteiger partial charge in [0.05, 0.1) is 18.2 Å². The number of para-hydroxylation sites is 1. The van der Waals surface area contributed by atoms with Crippen LogP contribution in [-0.2, 0) is 10.0 Å². The standard InChI is InChI=1S/C17H15N5O4S2/c1-2-26-13-9-6-10-14-15(13)16(23)21(28(14,24)25)11-27-17-18-19-20-22(17)12-7-4-3-5-8-12/h3-10H,2,11H2,1H3. The van der Waals surface area contributed by atoms with E-state index in [2.05, 4.69) is 15.5 Å². The van der Waals surface area contributed by atoms with Gasteiger partial charge in [-0.1, -0.05) is 36.0 Å². The number of rotatable bonds is 6. The molecule has 1 aromatic heterocycles. The highest BCUT2D eigenvalue weighted by atomic mass is 32.2. The van der Waals surface area contributed by atoms with Crippen molar-refractivity contribution >= 4 is 27.7 Å². The first-order chi connectivity index (χ1) is 13.5. The number of sulfonamides is 1. The molecule has 0 saturated carbocycles. The number of hydrogen-bond donors (Lipinski definition) is 0. The van der Waals surface area contributed by atoms with Crippen molar-refractivity contribution in [2.75, 3.05) is 12.5 Å². The van der Waals surface area contributed by atoms with Gasteiger partial charge in [0.2, 0.25) is 5.16 Å². The summed E-state index contributed by atoms with van der Waals surface area (Å²) in [6.07, 6.45) is 0. The molecule has 1 aliphatic heterocycles. The maximum atomic E-state index is 12.8. The number of amides is 1. The van der Waals surface area contributed by atoms with Crippen LogP contribution in [0.25, 0.3) is 5.69 Å². The van der Waals surface area contributed by atoms with E-state index in [-0.39, 0.29) is 22.1 Å².